The molecule has 0 aliphatic rings. The number of ether oxygens (including phenoxy) is 1. The Kier molecular flexibility index (Phi) is 6.60. The van der Waals surface area contributed by atoms with Gasteiger partial charge < -0.3 is 9.84 Å². The van der Waals surface area contributed by atoms with Crippen LogP contribution in [-0.2, 0) is 6.42 Å². The Bertz CT molecular complexity index is 566. The molecule has 23 heavy (non-hydrogen) atoms. The van der Waals surface area contributed by atoms with E-state index in [2.05, 4.69) is 13.8 Å². The van der Waals surface area contributed by atoms with Gasteiger partial charge in [0.15, 0.2) is 0 Å². The summed E-state index contributed by atoms with van der Waals surface area (Å²) in [7, 11) is 0. The van der Waals surface area contributed by atoms with Crippen molar-refractivity contribution in [2.45, 2.75) is 32.8 Å². The zero-order valence-corrected chi connectivity index (χ0v) is 13.8. The number of para-hydroxylation sites is 1. The van der Waals surface area contributed by atoms with E-state index in [-0.39, 0.29) is 24.4 Å². The molecule has 2 aromatic rings. The number of halogens is 1. The van der Waals surface area contributed by atoms with E-state index in [4.69, 9.17) is 4.74 Å². The van der Waals surface area contributed by atoms with E-state index in [9.17, 15) is 9.50 Å². The third-order valence-electron chi connectivity index (χ3n) is 4.05. The van der Waals surface area contributed by atoms with E-state index in [0.717, 1.165) is 17.7 Å². The average molecular weight is 316 g/mol. The lowest BCUT2D eigenvalue weighted by atomic mass is 9.85. The van der Waals surface area contributed by atoms with E-state index in [1.54, 1.807) is 12.1 Å². The topological polar surface area (TPSA) is 29.5 Å². The number of hydrogen-bond acceptors (Lipinski definition) is 2. The highest BCUT2D eigenvalue weighted by atomic mass is 19.1. The molecule has 0 bridgehead atoms. The summed E-state index contributed by atoms with van der Waals surface area (Å²) < 4.78 is 19.3. The fraction of sp³-hybridized carbons (Fsp3) is 0.400. The standard InChI is InChI=1S/C20H25FO2/c1-15(2)20(23-19-6-4-3-5-7-19)17(12-13-22)14-16-8-10-18(21)11-9-16/h3-11,15,17,20,22H,12-14H2,1-2H3/t17-,20+/m1/s1. The summed E-state index contributed by atoms with van der Waals surface area (Å²) in [6, 6.07) is 16.3. The predicted octanol–water partition coefficient (Wildman–Crippen LogP) is 4.47. The number of hydrogen-bond donors (Lipinski definition) is 1. The predicted molar refractivity (Wildman–Crippen MR) is 91.0 cm³/mol. The van der Waals surface area contributed by atoms with Crippen LogP contribution in [0.25, 0.3) is 0 Å². The van der Waals surface area contributed by atoms with Crippen LogP contribution in [0.15, 0.2) is 54.6 Å². The van der Waals surface area contributed by atoms with Gasteiger partial charge in [0.05, 0.1) is 0 Å². The lowest BCUT2D eigenvalue weighted by Crippen LogP contribution is -2.34. The highest BCUT2D eigenvalue weighted by Crippen LogP contribution is 2.26. The first kappa shape index (κ1) is 17.5. The first-order valence-corrected chi connectivity index (χ1v) is 8.17. The molecule has 2 atom stereocenters. The molecule has 124 valence electrons. The second-order valence-corrected chi connectivity index (χ2v) is 6.24. The van der Waals surface area contributed by atoms with Crippen molar-refractivity contribution in [1.29, 1.82) is 0 Å². The quantitative estimate of drug-likeness (QED) is 0.778. The van der Waals surface area contributed by atoms with Crippen molar-refractivity contribution in [3.8, 4) is 5.75 Å². The zero-order valence-electron chi connectivity index (χ0n) is 13.8. The van der Waals surface area contributed by atoms with Gasteiger partial charge in [0.2, 0.25) is 0 Å². The molecule has 2 nitrogen and oxygen atoms in total. The molecule has 0 aliphatic heterocycles. The minimum Gasteiger partial charge on any atom is -0.490 e. The molecule has 3 heteroatoms. The summed E-state index contributed by atoms with van der Waals surface area (Å²) in [6.07, 6.45) is 1.42. The third-order valence-corrected chi connectivity index (χ3v) is 4.05. The smallest absolute Gasteiger partial charge is 0.123 e. The van der Waals surface area contributed by atoms with E-state index in [0.29, 0.717) is 12.3 Å². The maximum atomic E-state index is 13.1. The lowest BCUT2D eigenvalue weighted by Gasteiger charge is -2.31. The Morgan fingerprint density at radius 2 is 1.65 bits per heavy atom. The summed E-state index contributed by atoms with van der Waals surface area (Å²) in [6.45, 7) is 4.37. The van der Waals surface area contributed by atoms with Gasteiger partial charge in [-0.15, -0.1) is 0 Å². The number of aliphatic hydroxyl groups is 1. The van der Waals surface area contributed by atoms with Crippen molar-refractivity contribution in [1.82, 2.24) is 0 Å². The molecule has 0 fully saturated rings. The first-order valence-electron chi connectivity index (χ1n) is 8.17. The zero-order chi connectivity index (χ0) is 16.7. The largest absolute Gasteiger partial charge is 0.490 e. The summed E-state index contributed by atoms with van der Waals surface area (Å²) in [4.78, 5) is 0. The highest BCUT2D eigenvalue weighted by Gasteiger charge is 2.26. The Morgan fingerprint density at radius 1 is 1.00 bits per heavy atom. The van der Waals surface area contributed by atoms with Crippen molar-refractivity contribution in [2.24, 2.45) is 11.8 Å². The van der Waals surface area contributed by atoms with Gasteiger partial charge >= 0.3 is 0 Å². The van der Waals surface area contributed by atoms with Crippen LogP contribution >= 0.6 is 0 Å². The number of rotatable bonds is 8. The van der Waals surface area contributed by atoms with Gasteiger partial charge in [-0.05, 0) is 48.6 Å². The van der Waals surface area contributed by atoms with Gasteiger partial charge in [0, 0.05) is 12.5 Å². The second-order valence-electron chi connectivity index (χ2n) is 6.24. The van der Waals surface area contributed by atoms with Crippen LogP contribution in [0.5, 0.6) is 5.75 Å². The molecule has 2 aromatic carbocycles. The van der Waals surface area contributed by atoms with Gasteiger partial charge in [-0.1, -0.05) is 44.2 Å². The molecule has 0 heterocycles. The summed E-state index contributed by atoms with van der Waals surface area (Å²) in [5, 5.41) is 9.44. The third kappa shape index (κ3) is 5.36. The van der Waals surface area contributed by atoms with Crippen LogP contribution in [0.3, 0.4) is 0 Å². The van der Waals surface area contributed by atoms with Crippen LogP contribution in [-0.4, -0.2) is 17.8 Å². The fourth-order valence-electron chi connectivity index (χ4n) is 2.90. The van der Waals surface area contributed by atoms with Gasteiger partial charge in [0.1, 0.15) is 17.7 Å². The first-order chi connectivity index (χ1) is 11.1. The van der Waals surface area contributed by atoms with Crippen molar-refractivity contribution in [3.63, 3.8) is 0 Å². The number of aliphatic hydroxyl groups excluding tert-OH is 1. The van der Waals surface area contributed by atoms with Crippen LogP contribution in [0, 0.1) is 17.7 Å². The molecule has 2 rings (SSSR count). The summed E-state index contributed by atoms with van der Waals surface area (Å²) in [5.41, 5.74) is 1.06. The molecule has 0 aliphatic carbocycles. The molecular weight excluding hydrogens is 291 g/mol. The minimum absolute atomic E-state index is 0.00500. The molecule has 0 saturated carbocycles. The van der Waals surface area contributed by atoms with Crippen LogP contribution in [0.1, 0.15) is 25.8 Å². The van der Waals surface area contributed by atoms with Gasteiger partial charge in [-0.2, -0.15) is 0 Å². The van der Waals surface area contributed by atoms with Crippen molar-refractivity contribution in [3.05, 3.63) is 66.0 Å². The monoisotopic (exact) mass is 316 g/mol. The second kappa shape index (κ2) is 8.68. The van der Waals surface area contributed by atoms with Crippen molar-refractivity contribution >= 4 is 0 Å². The van der Waals surface area contributed by atoms with Gasteiger partial charge in [-0.25, -0.2) is 4.39 Å². The van der Waals surface area contributed by atoms with E-state index < -0.39 is 0 Å². The molecule has 0 spiro atoms. The van der Waals surface area contributed by atoms with E-state index in [1.165, 1.54) is 12.1 Å². The molecule has 0 saturated heterocycles. The van der Waals surface area contributed by atoms with Crippen molar-refractivity contribution < 1.29 is 14.2 Å². The molecule has 0 radical (unpaired) electrons. The Labute approximate surface area is 137 Å². The molecule has 0 amide bonds. The van der Waals surface area contributed by atoms with E-state index >= 15 is 0 Å². The Balaban J connectivity index is 2.15. The Hall–Kier alpha value is -1.87. The average Bonchev–Trinajstić information content (AvgIpc) is 2.55. The molecular formula is C20H25FO2. The molecule has 1 N–H and O–H groups in total. The van der Waals surface area contributed by atoms with Gasteiger partial charge in [0.25, 0.3) is 0 Å². The van der Waals surface area contributed by atoms with Crippen LogP contribution < -0.4 is 4.74 Å². The Morgan fingerprint density at radius 3 is 2.22 bits per heavy atom. The highest BCUT2D eigenvalue weighted by molar-refractivity contribution is 5.22. The van der Waals surface area contributed by atoms with Crippen molar-refractivity contribution in [2.75, 3.05) is 6.61 Å². The maximum Gasteiger partial charge on any atom is 0.123 e. The molecule has 0 unspecified atom stereocenters. The van der Waals surface area contributed by atoms with Crippen LogP contribution in [0.4, 0.5) is 4.39 Å². The lowest BCUT2D eigenvalue weighted by molar-refractivity contribution is 0.0730. The normalized spacial score (nSPS) is 13.8. The maximum absolute atomic E-state index is 13.1. The SMILES string of the molecule is CC(C)[C@H](Oc1ccccc1)[C@H](CCO)Cc1ccc(F)cc1. The van der Waals surface area contributed by atoms with Gasteiger partial charge in [-0.3, -0.25) is 0 Å². The van der Waals surface area contributed by atoms with E-state index in [1.807, 2.05) is 30.3 Å². The number of benzene rings is 2. The summed E-state index contributed by atoms with van der Waals surface area (Å²) >= 11 is 0. The fourth-order valence-corrected chi connectivity index (χ4v) is 2.90. The minimum atomic E-state index is -0.228. The molecule has 0 aromatic heterocycles. The summed E-state index contributed by atoms with van der Waals surface area (Å²) in [5.74, 6) is 1.10. The van der Waals surface area contributed by atoms with Crippen LogP contribution in [0.2, 0.25) is 0 Å².